The highest BCUT2D eigenvalue weighted by Crippen LogP contribution is 2.22. The number of ether oxygens (including phenoxy) is 3. The van der Waals surface area contributed by atoms with Crippen LogP contribution >= 0.6 is 0 Å². The Morgan fingerprint density at radius 2 is 2.00 bits per heavy atom. The summed E-state index contributed by atoms with van der Waals surface area (Å²) in [6.45, 7) is 1.34. The lowest BCUT2D eigenvalue weighted by molar-refractivity contribution is -0.274. The zero-order chi connectivity index (χ0) is 19.3. The summed E-state index contributed by atoms with van der Waals surface area (Å²) in [7, 11) is 0. The van der Waals surface area contributed by atoms with E-state index < -0.39 is 6.36 Å². The zero-order valence-corrected chi connectivity index (χ0v) is 14.2. The number of nitrogens with one attached hydrogen (secondary N) is 1. The van der Waals surface area contributed by atoms with Gasteiger partial charge in [0, 0.05) is 25.2 Å². The third-order valence-electron chi connectivity index (χ3n) is 3.78. The van der Waals surface area contributed by atoms with E-state index in [1.165, 1.54) is 30.5 Å². The van der Waals surface area contributed by atoms with Crippen molar-refractivity contribution in [3.63, 3.8) is 0 Å². The van der Waals surface area contributed by atoms with Crippen LogP contribution in [0.15, 0.2) is 42.6 Å². The number of pyridine rings is 1. The number of carbonyl (C=O) groups is 1. The lowest BCUT2D eigenvalue weighted by Crippen LogP contribution is -2.23. The molecule has 6 nitrogen and oxygen atoms in total. The largest absolute Gasteiger partial charge is 0.573 e. The van der Waals surface area contributed by atoms with E-state index in [2.05, 4.69) is 15.0 Å². The van der Waals surface area contributed by atoms with Gasteiger partial charge in [0.05, 0.1) is 18.8 Å². The number of benzene rings is 1. The molecular weight excluding hydrogens is 365 g/mol. The number of halogens is 3. The summed E-state index contributed by atoms with van der Waals surface area (Å²) in [6, 6.07) is 8.47. The smallest absolute Gasteiger partial charge is 0.472 e. The molecule has 0 radical (unpaired) electrons. The lowest BCUT2D eigenvalue weighted by Gasteiger charge is -2.11. The molecule has 27 heavy (non-hydrogen) atoms. The molecule has 3 rings (SSSR count). The number of rotatable bonds is 6. The Labute approximate surface area is 153 Å². The second kappa shape index (κ2) is 8.26. The van der Waals surface area contributed by atoms with Crippen molar-refractivity contribution in [2.75, 3.05) is 13.2 Å². The molecule has 1 aliphatic heterocycles. The highest BCUT2D eigenvalue weighted by Gasteiger charge is 2.30. The third-order valence-corrected chi connectivity index (χ3v) is 3.78. The summed E-state index contributed by atoms with van der Waals surface area (Å²) in [5, 5.41) is 2.67. The summed E-state index contributed by atoms with van der Waals surface area (Å²) in [5.41, 5.74) is 0.981. The normalized spacial score (nSPS) is 16.8. The molecule has 1 atom stereocenters. The quantitative estimate of drug-likeness (QED) is 0.832. The number of hydrogen-bond acceptors (Lipinski definition) is 5. The molecule has 0 unspecified atom stereocenters. The molecule has 2 aromatic rings. The minimum atomic E-state index is -4.73. The lowest BCUT2D eigenvalue weighted by atomic mass is 10.2. The molecule has 1 aromatic carbocycles. The van der Waals surface area contributed by atoms with E-state index >= 15 is 0 Å². The van der Waals surface area contributed by atoms with Gasteiger partial charge < -0.3 is 19.5 Å². The molecule has 2 heterocycles. The van der Waals surface area contributed by atoms with Crippen LogP contribution in [0.5, 0.6) is 11.6 Å². The van der Waals surface area contributed by atoms with Gasteiger partial charge in [-0.05, 0) is 23.8 Å². The van der Waals surface area contributed by atoms with Crippen LogP contribution in [-0.2, 0) is 11.3 Å². The molecule has 1 amide bonds. The summed E-state index contributed by atoms with van der Waals surface area (Å²) in [6.07, 6.45) is -2.55. The molecule has 1 aromatic heterocycles. The number of hydrogen-bond donors (Lipinski definition) is 1. The second-order valence-electron chi connectivity index (χ2n) is 5.86. The van der Waals surface area contributed by atoms with Crippen molar-refractivity contribution in [3.05, 3.63) is 53.7 Å². The Bertz CT molecular complexity index is 758. The van der Waals surface area contributed by atoms with E-state index in [1.54, 1.807) is 12.1 Å². The topological polar surface area (TPSA) is 69.7 Å². The van der Waals surface area contributed by atoms with E-state index in [9.17, 15) is 18.0 Å². The van der Waals surface area contributed by atoms with Crippen molar-refractivity contribution < 1.29 is 32.2 Å². The Morgan fingerprint density at radius 1 is 1.22 bits per heavy atom. The van der Waals surface area contributed by atoms with Gasteiger partial charge in [-0.2, -0.15) is 0 Å². The number of alkyl halides is 3. The monoisotopic (exact) mass is 382 g/mol. The highest BCUT2D eigenvalue weighted by molar-refractivity contribution is 5.93. The average molecular weight is 382 g/mol. The number of amides is 1. The predicted octanol–water partition coefficient (Wildman–Crippen LogP) is 3.08. The van der Waals surface area contributed by atoms with Crippen molar-refractivity contribution in [2.45, 2.75) is 25.4 Å². The van der Waals surface area contributed by atoms with E-state index in [4.69, 9.17) is 9.47 Å². The zero-order valence-electron chi connectivity index (χ0n) is 14.2. The fraction of sp³-hybridized carbons (Fsp3) is 0.333. The standard InChI is InChI=1S/C18H17F3N2O4/c19-18(20,21)27-14-4-1-12(2-5-14)9-23-17(24)13-3-6-16(22-10-13)26-15-7-8-25-11-15/h1-6,10,15H,7-9,11H2,(H,23,24)/t15-/m1/s1. The first-order valence-electron chi connectivity index (χ1n) is 8.22. The van der Waals surface area contributed by atoms with Gasteiger partial charge in [0.25, 0.3) is 5.91 Å². The average Bonchev–Trinajstić information content (AvgIpc) is 3.13. The van der Waals surface area contributed by atoms with Crippen molar-refractivity contribution in [2.24, 2.45) is 0 Å². The molecule has 0 aliphatic carbocycles. The molecule has 9 heteroatoms. The number of carbonyl (C=O) groups excluding carboxylic acids is 1. The third kappa shape index (κ3) is 5.85. The minimum Gasteiger partial charge on any atom is -0.472 e. The number of aromatic nitrogens is 1. The van der Waals surface area contributed by atoms with Crippen LogP contribution in [-0.4, -0.2) is 36.6 Å². The van der Waals surface area contributed by atoms with Crippen molar-refractivity contribution >= 4 is 5.91 Å². The number of nitrogens with zero attached hydrogens (tertiary/aromatic N) is 1. The van der Waals surface area contributed by atoms with Crippen LogP contribution in [0, 0.1) is 0 Å². The van der Waals surface area contributed by atoms with Gasteiger partial charge in [0.2, 0.25) is 5.88 Å². The molecule has 0 bridgehead atoms. The summed E-state index contributed by atoms with van der Waals surface area (Å²) in [4.78, 5) is 16.2. The van der Waals surface area contributed by atoms with Gasteiger partial charge in [-0.3, -0.25) is 4.79 Å². The first-order chi connectivity index (χ1) is 12.9. The van der Waals surface area contributed by atoms with E-state index in [-0.39, 0.29) is 24.3 Å². The molecule has 0 saturated carbocycles. The Kier molecular flexibility index (Phi) is 5.80. The van der Waals surface area contributed by atoms with Crippen molar-refractivity contribution in [1.29, 1.82) is 0 Å². The Morgan fingerprint density at radius 3 is 2.59 bits per heavy atom. The van der Waals surface area contributed by atoms with E-state index in [0.717, 1.165) is 6.42 Å². The van der Waals surface area contributed by atoms with E-state index in [1.807, 2.05) is 0 Å². The van der Waals surface area contributed by atoms with Gasteiger partial charge in [-0.1, -0.05) is 12.1 Å². The van der Waals surface area contributed by atoms with Crippen LogP contribution in [0.4, 0.5) is 13.2 Å². The maximum Gasteiger partial charge on any atom is 0.573 e. The molecule has 1 fully saturated rings. The fourth-order valence-electron chi connectivity index (χ4n) is 2.45. The summed E-state index contributed by atoms with van der Waals surface area (Å²) >= 11 is 0. The fourth-order valence-corrected chi connectivity index (χ4v) is 2.45. The first-order valence-corrected chi connectivity index (χ1v) is 8.22. The predicted molar refractivity (Wildman–Crippen MR) is 88.4 cm³/mol. The molecule has 1 saturated heterocycles. The molecule has 0 spiro atoms. The second-order valence-corrected chi connectivity index (χ2v) is 5.86. The van der Waals surface area contributed by atoms with Crippen LogP contribution < -0.4 is 14.8 Å². The molecule has 1 aliphatic rings. The van der Waals surface area contributed by atoms with Gasteiger partial charge >= 0.3 is 6.36 Å². The van der Waals surface area contributed by atoms with Crippen LogP contribution in [0.2, 0.25) is 0 Å². The minimum absolute atomic E-state index is 0.0264. The molecular formula is C18H17F3N2O4. The van der Waals surface area contributed by atoms with Gasteiger partial charge in [-0.25, -0.2) is 4.98 Å². The first kappa shape index (κ1) is 19.0. The van der Waals surface area contributed by atoms with Gasteiger partial charge in [0.15, 0.2) is 0 Å². The Hall–Kier alpha value is -2.81. The van der Waals surface area contributed by atoms with Crippen LogP contribution in [0.25, 0.3) is 0 Å². The Balaban J connectivity index is 1.49. The summed E-state index contributed by atoms with van der Waals surface area (Å²) in [5.74, 6) is -0.249. The maximum atomic E-state index is 12.1. The maximum absolute atomic E-state index is 12.1. The van der Waals surface area contributed by atoms with Crippen molar-refractivity contribution in [1.82, 2.24) is 10.3 Å². The van der Waals surface area contributed by atoms with Crippen LogP contribution in [0.3, 0.4) is 0 Å². The van der Waals surface area contributed by atoms with E-state index in [0.29, 0.717) is 30.2 Å². The molecule has 144 valence electrons. The highest BCUT2D eigenvalue weighted by atomic mass is 19.4. The summed E-state index contributed by atoms with van der Waals surface area (Å²) < 4.78 is 51.0. The SMILES string of the molecule is O=C(NCc1ccc(OC(F)(F)F)cc1)c1ccc(O[C@@H]2CCOC2)nc1. The van der Waals surface area contributed by atoms with Gasteiger partial charge in [-0.15, -0.1) is 13.2 Å². The van der Waals surface area contributed by atoms with Crippen LogP contribution in [0.1, 0.15) is 22.3 Å². The van der Waals surface area contributed by atoms with Gasteiger partial charge in [0.1, 0.15) is 11.9 Å². The van der Waals surface area contributed by atoms with Crippen molar-refractivity contribution in [3.8, 4) is 11.6 Å². The molecule has 1 N–H and O–H groups in total.